The zero-order valence-corrected chi connectivity index (χ0v) is 18.8. The van der Waals surface area contributed by atoms with Crippen molar-refractivity contribution in [1.29, 1.82) is 0 Å². The van der Waals surface area contributed by atoms with Gasteiger partial charge in [0.25, 0.3) is 22.2 Å². The SMILES string of the molecule is CCc1cc(-c2nnc(SCCSc3nnc(-c4cc(CC)nn4C)o3)o2)n(C)n1. The molecule has 158 valence electrons. The Hall–Kier alpha value is -2.60. The molecule has 12 heteroatoms. The van der Waals surface area contributed by atoms with Gasteiger partial charge in [0.05, 0.1) is 11.4 Å². The van der Waals surface area contributed by atoms with Crippen molar-refractivity contribution >= 4 is 23.5 Å². The maximum Gasteiger partial charge on any atom is 0.276 e. The molecule has 0 atom stereocenters. The molecular formula is C18H22N8O2S2. The lowest BCUT2D eigenvalue weighted by molar-refractivity contribution is 0.461. The van der Waals surface area contributed by atoms with Crippen LogP contribution in [0, 0.1) is 0 Å². The summed E-state index contributed by atoms with van der Waals surface area (Å²) in [6, 6.07) is 3.94. The molecule has 0 radical (unpaired) electrons. The van der Waals surface area contributed by atoms with Gasteiger partial charge in [0, 0.05) is 25.6 Å². The van der Waals surface area contributed by atoms with Gasteiger partial charge in [-0.1, -0.05) is 37.4 Å². The van der Waals surface area contributed by atoms with Crippen LogP contribution in [-0.2, 0) is 26.9 Å². The molecule has 4 heterocycles. The third kappa shape index (κ3) is 4.43. The van der Waals surface area contributed by atoms with E-state index in [1.54, 1.807) is 9.36 Å². The number of aryl methyl sites for hydroxylation is 4. The Bertz CT molecular complexity index is 1040. The lowest BCUT2D eigenvalue weighted by atomic mass is 10.3. The molecule has 0 saturated heterocycles. The first-order valence-electron chi connectivity index (χ1n) is 9.56. The average molecular weight is 447 g/mol. The summed E-state index contributed by atoms with van der Waals surface area (Å²) in [6.07, 6.45) is 1.72. The molecule has 4 rings (SSSR count). The highest BCUT2D eigenvalue weighted by Gasteiger charge is 2.16. The van der Waals surface area contributed by atoms with Crippen molar-refractivity contribution in [1.82, 2.24) is 40.0 Å². The molecule has 10 nitrogen and oxygen atoms in total. The minimum atomic E-state index is 0.476. The Morgan fingerprint density at radius 1 is 0.733 bits per heavy atom. The Morgan fingerprint density at radius 3 is 1.53 bits per heavy atom. The summed E-state index contributed by atoms with van der Waals surface area (Å²) in [4.78, 5) is 0. The molecular weight excluding hydrogens is 424 g/mol. The number of thioether (sulfide) groups is 2. The topological polar surface area (TPSA) is 113 Å². The molecule has 0 unspecified atom stereocenters. The third-order valence-corrected chi connectivity index (χ3v) is 6.27. The molecule has 4 aromatic heterocycles. The van der Waals surface area contributed by atoms with Crippen LogP contribution in [0.25, 0.3) is 23.2 Å². The number of rotatable bonds is 9. The maximum absolute atomic E-state index is 5.76. The van der Waals surface area contributed by atoms with E-state index in [-0.39, 0.29) is 0 Å². The molecule has 0 N–H and O–H groups in total. The number of hydrogen-bond acceptors (Lipinski definition) is 10. The second-order valence-corrected chi connectivity index (χ2v) is 8.53. The summed E-state index contributed by atoms with van der Waals surface area (Å²) in [5.74, 6) is 2.48. The fourth-order valence-corrected chi connectivity index (χ4v) is 4.29. The van der Waals surface area contributed by atoms with Gasteiger partial charge in [-0.2, -0.15) is 10.2 Å². The summed E-state index contributed by atoms with van der Waals surface area (Å²) in [7, 11) is 3.74. The molecule has 4 aromatic rings. The monoisotopic (exact) mass is 446 g/mol. The normalized spacial score (nSPS) is 11.5. The van der Waals surface area contributed by atoms with Crippen molar-refractivity contribution in [3.8, 4) is 23.2 Å². The van der Waals surface area contributed by atoms with E-state index < -0.39 is 0 Å². The Labute approximate surface area is 181 Å². The van der Waals surface area contributed by atoms with E-state index in [1.807, 2.05) is 26.2 Å². The van der Waals surface area contributed by atoms with Crippen LogP contribution in [0.4, 0.5) is 0 Å². The molecule has 0 aliphatic rings. The fraction of sp³-hybridized carbons (Fsp3) is 0.444. The van der Waals surface area contributed by atoms with Crippen LogP contribution in [0.1, 0.15) is 25.2 Å². The second-order valence-electron chi connectivity index (χ2n) is 6.44. The summed E-state index contributed by atoms with van der Waals surface area (Å²) in [5.41, 5.74) is 3.63. The first-order chi connectivity index (χ1) is 14.6. The largest absolute Gasteiger partial charge is 0.410 e. The highest BCUT2D eigenvalue weighted by atomic mass is 32.2. The van der Waals surface area contributed by atoms with Crippen molar-refractivity contribution in [3.05, 3.63) is 23.5 Å². The molecule has 0 amide bonds. The van der Waals surface area contributed by atoms with Crippen molar-refractivity contribution in [3.63, 3.8) is 0 Å². The summed E-state index contributed by atoms with van der Waals surface area (Å²) >= 11 is 2.98. The lowest BCUT2D eigenvalue weighted by Crippen LogP contribution is -1.94. The lowest BCUT2D eigenvalue weighted by Gasteiger charge is -1.96. The first kappa shape index (κ1) is 20.7. The van der Waals surface area contributed by atoms with Crippen LogP contribution < -0.4 is 0 Å². The molecule has 30 heavy (non-hydrogen) atoms. The van der Waals surface area contributed by atoms with Crippen molar-refractivity contribution < 1.29 is 8.83 Å². The first-order valence-corrected chi connectivity index (χ1v) is 11.5. The van der Waals surface area contributed by atoms with Crippen molar-refractivity contribution in [2.45, 2.75) is 37.1 Å². The van der Waals surface area contributed by atoms with E-state index in [0.29, 0.717) is 22.2 Å². The molecule has 0 fully saturated rings. The molecule has 0 aliphatic heterocycles. The average Bonchev–Trinajstić information content (AvgIpc) is 3.51. The van der Waals surface area contributed by atoms with Gasteiger partial charge in [-0.05, 0) is 25.0 Å². The van der Waals surface area contributed by atoms with Crippen LogP contribution in [0.3, 0.4) is 0 Å². The van der Waals surface area contributed by atoms with E-state index in [0.717, 1.165) is 47.1 Å². The van der Waals surface area contributed by atoms with Crippen LogP contribution in [0.15, 0.2) is 31.4 Å². The Balaban J connectivity index is 1.30. The maximum atomic E-state index is 5.76. The van der Waals surface area contributed by atoms with Crippen LogP contribution in [0.2, 0.25) is 0 Å². The molecule has 0 spiro atoms. The molecule has 0 aromatic carbocycles. The summed E-state index contributed by atoms with van der Waals surface area (Å²) in [6.45, 7) is 4.12. The summed E-state index contributed by atoms with van der Waals surface area (Å²) < 4.78 is 15.0. The van der Waals surface area contributed by atoms with Gasteiger partial charge in [0.1, 0.15) is 11.4 Å². The van der Waals surface area contributed by atoms with Gasteiger partial charge in [0.2, 0.25) is 0 Å². The van der Waals surface area contributed by atoms with Gasteiger partial charge in [-0.25, -0.2) is 0 Å². The van der Waals surface area contributed by atoms with E-state index in [9.17, 15) is 0 Å². The van der Waals surface area contributed by atoms with Crippen LogP contribution in [-0.4, -0.2) is 51.5 Å². The summed E-state index contributed by atoms with van der Waals surface area (Å²) in [5, 5.41) is 26.4. The van der Waals surface area contributed by atoms with Gasteiger partial charge in [0.15, 0.2) is 0 Å². The quantitative estimate of drug-likeness (QED) is 0.280. The predicted molar refractivity (Wildman–Crippen MR) is 113 cm³/mol. The number of nitrogens with zero attached hydrogens (tertiary/aromatic N) is 8. The Morgan fingerprint density at radius 2 is 1.17 bits per heavy atom. The van der Waals surface area contributed by atoms with E-state index >= 15 is 0 Å². The van der Waals surface area contributed by atoms with E-state index in [4.69, 9.17) is 8.83 Å². The van der Waals surface area contributed by atoms with Gasteiger partial charge >= 0.3 is 0 Å². The second kappa shape index (κ2) is 9.04. The van der Waals surface area contributed by atoms with Gasteiger partial charge in [-0.15, -0.1) is 20.4 Å². The zero-order valence-electron chi connectivity index (χ0n) is 17.2. The molecule has 0 bridgehead atoms. The fourth-order valence-electron chi connectivity index (χ4n) is 2.80. The number of hydrogen-bond donors (Lipinski definition) is 0. The van der Waals surface area contributed by atoms with Crippen LogP contribution in [0.5, 0.6) is 0 Å². The Kier molecular flexibility index (Phi) is 6.23. The number of aromatic nitrogens is 8. The molecule has 0 aliphatic carbocycles. The molecule has 0 saturated carbocycles. The minimum absolute atomic E-state index is 0.476. The predicted octanol–water partition coefficient (Wildman–Crippen LogP) is 3.26. The highest BCUT2D eigenvalue weighted by molar-refractivity contribution is 8.02. The van der Waals surface area contributed by atoms with Crippen molar-refractivity contribution in [2.75, 3.05) is 11.5 Å². The van der Waals surface area contributed by atoms with Crippen molar-refractivity contribution in [2.24, 2.45) is 14.1 Å². The van der Waals surface area contributed by atoms with Gasteiger partial charge < -0.3 is 8.83 Å². The zero-order chi connectivity index (χ0) is 21.1. The van der Waals surface area contributed by atoms with E-state index in [2.05, 4.69) is 44.4 Å². The third-order valence-electron chi connectivity index (χ3n) is 4.37. The highest BCUT2D eigenvalue weighted by Crippen LogP contribution is 2.27. The standard InChI is InChI=1S/C18H22N8O2S2/c1-5-11-9-13(25(3)23-11)15-19-21-17(27-15)29-7-8-30-18-22-20-16(28-18)14-10-12(6-2)24-26(14)4/h9-10H,5-8H2,1-4H3. The smallest absolute Gasteiger partial charge is 0.276 e. The minimum Gasteiger partial charge on any atom is -0.410 e. The van der Waals surface area contributed by atoms with Gasteiger partial charge in [-0.3, -0.25) is 9.36 Å². The van der Waals surface area contributed by atoms with E-state index in [1.165, 1.54) is 23.5 Å². The van der Waals surface area contributed by atoms with Crippen LogP contribution >= 0.6 is 23.5 Å².